The highest BCUT2D eigenvalue weighted by Gasteiger charge is 2.12. The van der Waals surface area contributed by atoms with Crippen LogP contribution in [0.5, 0.6) is 5.75 Å². The summed E-state index contributed by atoms with van der Waals surface area (Å²) in [4.78, 5) is 23.4. The Morgan fingerprint density at radius 1 is 1.00 bits per heavy atom. The van der Waals surface area contributed by atoms with Crippen LogP contribution in [-0.2, 0) is 4.79 Å². The number of rotatable bonds is 5. The Labute approximate surface area is 127 Å². The van der Waals surface area contributed by atoms with Gasteiger partial charge in [-0.1, -0.05) is 48.5 Å². The predicted octanol–water partition coefficient (Wildman–Crippen LogP) is 3.73. The molecule has 0 aliphatic heterocycles. The minimum absolute atomic E-state index is 0.214. The molecule has 2 aromatic rings. The molecular formula is C17H13ClO3. The zero-order valence-corrected chi connectivity index (χ0v) is 11.9. The van der Waals surface area contributed by atoms with Crippen molar-refractivity contribution in [2.75, 3.05) is 5.88 Å². The summed E-state index contributed by atoms with van der Waals surface area (Å²) < 4.78 is 5.04. The summed E-state index contributed by atoms with van der Waals surface area (Å²) in [5, 5.41) is 0. The molecule has 0 amide bonds. The number of hydrogen-bond donors (Lipinski definition) is 0. The smallest absolute Gasteiger partial charge is 0.326 e. The van der Waals surface area contributed by atoms with Crippen LogP contribution in [0.3, 0.4) is 0 Å². The van der Waals surface area contributed by atoms with Gasteiger partial charge in [-0.15, -0.1) is 11.6 Å². The van der Waals surface area contributed by atoms with E-state index < -0.39 is 5.97 Å². The molecule has 0 aromatic heterocycles. The van der Waals surface area contributed by atoms with Crippen molar-refractivity contribution >= 4 is 29.4 Å². The van der Waals surface area contributed by atoms with E-state index in [1.165, 1.54) is 6.08 Å². The molecule has 106 valence electrons. The van der Waals surface area contributed by atoms with Gasteiger partial charge in [0.15, 0.2) is 5.78 Å². The molecule has 0 atom stereocenters. The Kier molecular flexibility index (Phi) is 5.29. The molecule has 0 radical (unpaired) electrons. The largest absolute Gasteiger partial charge is 0.425 e. The standard InChI is InChI=1S/C17H13ClO3/c18-12-17(20)21-16-9-5-4-8-14(16)15(19)11-10-13-6-2-1-3-7-13/h1-11H,12H2/b11-10+. The third-order valence-corrected chi connectivity index (χ3v) is 2.93. The molecule has 0 fully saturated rings. The number of alkyl halides is 1. The lowest BCUT2D eigenvalue weighted by Crippen LogP contribution is -2.11. The Hall–Kier alpha value is -2.39. The third kappa shape index (κ3) is 4.29. The molecule has 0 N–H and O–H groups in total. The molecule has 0 saturated heterocycles. The fourth-order valence-corrected chi connectivity index (χ4v) is 1.79. The molecule has 0 unspecified atom stereocenters. The molecule has 0 aliphatic carbocycles. The Balaban J connectivity index is 2.19. The van der Waals surface area contributed by atoms with Crippen LogP contribution in [0.2, 0.25) is 0 Å². The first-order valence-electron chi connectivity index (χ1n) is 6.34. The van der Waals surface area contributed by atoms with Gasteiger partial charge in [-0.3, -0.25) is 9.59 Å². The summed E-state index contributed by atoms with van der Waals surface area (Å²) in [6.07, 6.45) is 3.16. The van der Waals surface area contributed by atoms with Gasteiger partial charge in [-0.05, 0) is 23.8 Å². The van der Waals surface area contributed by atoms with Crippen molar-refractivity contribution in [2.24, 2.45) is 0 Å². The van der Waals surface area contributed by atoms with Crippen molar-refractivity contribution in [1.82, 2.24) is 0 Å². The molecule has 0 saturated carbocycles. The van der Waals surface area contributed by atoms with E-state index in [1.54, 1.807) is 30.3 Å². The average molecular weight is 301 g/mol. The Bertz CT molecular complexity index is 663. The number of allylic oxidation sites excluding steroid dienone is 1. The van der Waals surface area contributed by atoms with Gasteiger partial charge in [0.1, 0.15) is 11.6 Å². The van der Waals surface area contributed by atoms with Gasteiger partial charge >= 0.3 is 5.97 Å². The zero-order chi connectivity index (χ0) is 15.1. The second kappa shape index (κ2) is 7.41. The average Bonchev–Trinajstić information content (AvgIpc) is 2.54. The summed E-state index contributed by atoms with van der Waals surface area (Å²) in [5.41, 5.74) is 1.24. The first kappa shape index (κ1) is 15.0. The molecule has 3 nitrogen and oxygen atoms in total. The van der Waals surface area contributed by atoms with Crippen molar-refractivity contribution in [2.45, 2.75) is 0 Å². The van der Waals surface area contributed by atoms with Crippen molar-refractivity contribution in [3.63, 3.8) is 0 Å². The number of halogens is 1. The SMILES string of the molecule is O=C(CCl)Oc1ccccc1C(=O)/C=C/c1ccccc1. The van der Waals surface area contributed by atoms with Crippen LogP contribution < -0.4 is 4.74 Å². The van der Waals surface area contributed by atoms with Crippen molar-refractivity contribution in [3.8, 4) is 5.75 Å². The summed E-state index contributed by atoms with van der Waals surface area (Å²) in [7, 11) is 0. The van der Waals surface area contributed by atoms with Crippen LogP contribution >= 0.6 is 11.6 Å². The van der Waals surface area contributed by atoms with Gasteiger partial charge in [-0.25, -0.2) is 0 Å². The monoisotopic (exact) mass is 300 g/mol. The number of esters is 1. The first-order valence-corrected chi connectivity index (χ1v) is 6.87. The van der Waals surface area contributed by atoms with Gasteiger partial charge in [0, 0.05) is 0 Å². The fraction of sp³-hybridized carbons (Fsp3) is 0.0588. The lowest BCUT2D eigenvalue weighted by molar-refractivity contribution is -0.131. The number of carbonyl (C=O) groups is 2. The molecule has 0 bridgehead atoms. The normalized spacial score (nSPS) is 10.5. The number of benzene rings is 2. The molecule has 0 heterocycles. The molecule has 2 aromatic carbocycles. The zero-order valence-electron chi connectivity index (χ0n) is 11.2. The molecular weight excluding hydrogens is 288 g/mol. The molecule has 4 heteroatoms. The number of hydrogen-bond acceptors (Lipinski definition) is 3. The van der Waals surface area contributed by atoms with Gasteiger partial charge in [0.25, 0.3) is 0 Å². The molecule has 0 spiro atoms. The Morgan fingerprint density at radius 2 is 1.67 bits per heavy atom. The van der Waals surface area contributed by atoms with Crippen LogP contribution in [0.25, 0.3) is 6.08 Å². The van der Waals surface area contributed by atoms with E-state index in [0.717, 1.165) is 5.56 Å². The van der Waals surface area contributed by atoms with Crippen LogP contribution in [0.1, 0.15) is 15.9 Å². The molecule has 21 heavy (non-hydrogen) atoms. The summed E-state index contributed by atoms with van der Waals surface area (Å²) in [6, 6.07) is 16.0. The van der Waals surface area contributed by atoms with Crippen LogP contribution in [0.15, 0.2) is 60.7 Å². The molecule has 0 aliphatic rings. The lowest BCUT2D eigenvalue weighted by Gasteiger charge is -2.06. The van der Waals surface area contributed by atoms with E-state index in [4.69, 9.17) is 16.3 Å². The minimum atomic E-state index is -0.594. The van der Waals surface area contributed by atoms with Crippen molar-refractivity contribution in [3.05, 3.63) is 71.8 Å². The highest BCUT2D eigenvalue weighted by Crippen LogP contribution is 2.19. The van der Waals surface area contributed by atoms with Crippen molar-refractivity contribution < 1.29 is 14.3 Å². The maximum Gasteiger partial charge on any atom is 0.326 e. The Morgan fingerprint density at radius 3 is 2.38 bits per heavy atom. The summed E-state index contributed by atoms with van der Waals surface area (Å²) >= 11 is 5.40. The van der Waals surface area contributed by atoms with E-state index in [1.807, 2.05) is 30.3 Å². The number of carbonyl (C=O) groups excluding carboxylic acids is 2. The van der Waals surface area contributed by atoms with Crippen LogP contribution in [-0.4, -0.2) is 17.6 Å². The highest BCUT2D eigenvalue weighted by molar-refractivity contribution is 6.26. The van der Waals surface area contributed by atoms with E-state index in [9.17, 15) is 9.59 Å². The topological polar surface area (TPSA) is 43.4 Å². The maximum absolute atomic E-state index is 12.2. The van der Waals surface area contributed by atoms with E-state index in [0.29, 0.717) is 5.56 Å². The second-order valence-electron chi connectivity index (χ2n) is 4.21. The van der Waals surface area contributed by atoms with Crippen LogP contribution in [0, 0.1) is 0 Å². The second-order valence-corrected chi connectivity index (χ2v) is 4.48. The van der Waals surface area contributed by atoms with Gasteiger partial charge < -0.3 is 4.74 Å². The third-order valence-electron chi connectivity index (χ3n) is 2.71. The van der Waals surface area contributed by atoms with E-state index in [2.05, 4.69) is 0 Å². The van der Waals surface area contributed by atoms with Gasteiger partial charge in [0.05, 0.1) is 5.56 Å². The predicted molar refractivity (Wildman–Crippen MR) is 82.6 cm³/mol. The van der Waals surface area contributed by atoms with Crippen molar-refractivity contribution in [1.29, 1.82) is 0 Å². The number of ether oxygens (including phenoxy) is 1. The lowest BCUT2D eigenvalue weighted by atomic mass is 10.1. The maximum atomic E-state index is 12.2. The van der Waals surface area contributed by atoms with Crippen LogP contribution in [0.4, 0.5) is 0 Å². The summed E-state index contributed by atoms with van der Waals surface area (Å²) in [5.74, 6) is -0.880. The molecule has 2 rings (SSSR count). The number of ketones is 1. The van der Waals surface area contributed by atoms with Gasteiger partial charge in [0.2, 0.25) is 0 Å². The quantitative estimate of drug-likeness (QED) is 0.278. The highest BCUT2D eigenvalue weighted by atomic mass is 35.5. The number of para-hydroxylation sites is 1. The minimum Gasteiger partial charge on any atom is -0.425 e. The summed E-state index contributed by atoms with van der Waals surface area (Å²) in [6.45, 7) is 0. The fourth-order valence-electron chi connectivity index (χ4n) is 1.73. The first-order chi connectivity index (χ1) is 10.2. The van der Waals surface area contributed by atoms with E-state index in [-0.39, 0.29) is 17.4 Å². The van der Waals surface area contributed by atoms with Gasteiger partial charge in [-0.2, -0.15) is 0 Å². The van der Waals surface area contributed by atoms with E-state index >= 15 is 0 Å².